The summed E-state index contributed by atoms with van der Waals surface area (Å²) in [4.78, 5) is 0. The van der Waals surface area contributed by atoms with Crippen LogP contribution in [0.1, 0.15) is 56.6 Å². The molecule has 0 heterocycles. The van der Waals surface area contributed by atoms with Gasteiger partial charge in [-0.05, 0) is 54.9 Å². The van der Waals surface area contributed by atoms with E-state index in [0.717, 1.165) is 38.0 Å². The molecule has 1 aromatic carbocycles. The molecule has 24 heavy (non-hydrogen) atoms. The summed E-state index contributed by atoms with van der Waals surface area (Å²) in [6.45, 7) is 2.62. The first kappa shape index (κ1) is 19.2. The molecule has 4 nitrogen and oxygen atoms in total. The molecule has 0 fully saturated rings. The van der Waals surface area contributed by atoms with E-state index in [9.17, 15) is 10.2 Å². The number of ether oxygens (including phenoxy) is 1. The summed E-state index contributed by atoms with van der Waals surface area (Å²) in [6, 6.07) is 6.32. The van der Waals surface area contributed by atoms with Gasteiger partial charge in [-0.1, -0.05) is 38.7 Å². The van der Waals surface area contributed by atoms with E-state index in [-0.39, 0.29) is 19.1 Å². The van der Waals surface area contributed by atoms with Crippen LogP contribution < -0.4 is 10.5 Å². The van der Waals surface area contributed by atoms with Crippen LogP contribution in [0.15, 0.2) is 18.2 Å². The molecule has 0 saturated carbocycles. The minimum atomic E-state index is -0.895. The Balaban J connectivity index is 1.90. The first-order chi connectivity index (χ1) is 11.6. The minimum absolute atomic E-state index is 0.101. The molecule has 1 aliphatic rings. The highest BCUT2D eigenvalue weighted by Crippen LogP contribution is 2.33. The summed E-state index contributed by atoms with van der Waals surface area (Å²) in [5, 5.41) is 19.1. The van der Waals surface area contributed by atoms with Crippen LogP contribution >= 0.6 is 0 Å². The number of nitrogens with two attached hydrogens (primary N) is 1. The molecule has 0 bridgehead atoms. The van der Waals surface area contributed by atoms with Gasteiger partial charge in [0, 0.05) is 0 Å². The van der Waals surface area contributed by atoms with Crippen molar-refractivity contribution in [1.29, 1.82) is 0 Å². The normalized spacial score (nSPS) is 17.6. The van der Waals surface area contributed by atoms with Gasteiger partial charge >= 0.3 is 0 Å². The SMILES string of the molecule is CCCCCCCOc1ccc2c(c1)C[C@@H](C(N)(CO)CO)CC2. The lowest BCUT2D eigenvalue weighted by Crippen LogP contribution is -2.55. The highest BCUT2D eigenvalue weighted by molar-refractivity contribution is 5.38. The van der Waals surface area contributed by atoms with E-state index in [2.05, 4.69) is 25.1 Å². The minimum Gasteiger partial charge on any atom is -0.494 e. The molecule has 1 aromatic rings. The molecule has 0 saturated heterocycles. The number of aliphatic hydroxyl groups excluding tert-OH is 2. The van der Waals surface area contributed by atoms with Gasteiger partial charge < -0.3 is 20.7 Å². The van der Waals surface area contributed by atoms with Gasteiger partial charge in [0.2, 0.25) is 0 Å². The van der Waals surface area contributed by atoms with Crippen LogP contribution in [0.3, 0.4) is 0 Å². The molecule has 0 aromatic heterocycles. The topological polar surface area (TPSA) is 75.7 Å². The second kappa shape index (κ2) is 9.40. The largest absolute Gasteiger partial charge is 0.494 e. The van der Waals surface area contributed by atoms with Crippen molar-refractivity contribution in [3.05, 3.63) is 29.3 Å². The van der Waals surface area contributed by atoms with E-state index < -0.39 is 5.54 Å². The summed E-state index contributed by atoms with van der Waals surface area (Å²) in [7, 11) is 0. The first-order valence-electron chi connectivity index (χ1n) is 9.38. The Morgan fingerprint density at radius 2 is 1.88 bits per heavy atom. The number of rotatable bonds is 10. The lowest BCUT2D eigenvalue weighted by Gasteiger charge is -2.37. The van der Waals surface area contributed by atoms with Gasteiger partial charge in [-0.25, -0.2) is 0 Å². The third kappa shape index (κ3) is 4.95. The van der Waals surface area contributed by atoms with E-state index >= 15 is 0 Å². The molecule has 2 rings (SSSR count). The van der Waals surface area contributed by atoms with Crippen molar-refractivity contribution in [3.8, 4) is 5.75 Å². The number of aliphatic hydroxyl groups is 2. The maximum atomic E-state index is 9.54. The monoisotopic (exact) mass is 335 g/mol. The van der Waals surface area contributed by atoms with E-state index in [0.29, 0.717) is 0 Å². The molecular formula is C20H33NO3. The highest BCUT2D eigenvalue weighted by Gasteiger charge is 2.36. The van der Waals surface area contributed by atoms with Crippen LogP contribution in [0.2, 0.25) is 0 Å². The molecule has 0 unspecified atom stereocenters. The van der Waals surface area contributed by atoms with Gasteiger partial charge in [0.15, 0.2) is 0 Å². The average Bonchev–Trinajstić information content (AvgIpc) is 2.63. The summed E-state index contributed by atoms with van der Waals surface area (Å²) in [5.41, 5.74) is 7.85. The fourth-order valence-electron chi connectivity index (χ4n) is 3.52. The van der Waals surface area contributed by atoms with Gasteiger partial charge in [0.05, 0.1) is 25.4 Å². The zero-order valence-electron chi connectivity index (χ0n) is 15.0. The third-order valence-corrected chi connectivity index (χ3v) is 5.32. The Hall–Kier alpha value is -1.10. The second-order valence-corrected chi connectivity index (χ2v) is 7.18. The van der Waals surface area contributed by atoms with Crippen LogP contribution in [0, 0.1) is 5.92 Å². The third-order valence-electron chi connectivity index (χ3n) is 5.32. The Bertz CT molecular complexity index is 500. The van der Waals surface area contributed by atoms with Crippen LogP contribution in [0.25, 0.3) is 0 Å². The quantitative estimate of drug-likeness (QED) is 0.575. The van der Waals surface area contributed by atoms with Gasteiger partial charge in [-0.15, -0.1) is 0 Å². The maximum Gasteiger partial charge on any atom is 0.119 e. The summed E-state index contributed by atoms with van der Waals surface area (Å²) in [5.74, 6) is 1.02. The molecule has 1 aliphatic carbocycles. The highest BCUT2D eigenvalue weighted by atomic mass is 16.5. The average molecular weight is 335 g/mol. The van der Waals surface area contributed by atoms with Gasteiger partial charge in [-0.2, -0.15) is 0 Å². The molecule has 1 atom stereocenters. The van der Waals surface area contributed by atoms with Crippen molar-refractivity contribution in [2.24, 2.45) is 11.7 Å². The second-order valence-electron chi connectivity index (χ2n) is 7.18. The summed E-state index contributed by atoms with van der Waals surface area (Å²) >= 11 is 0. The summed E-state index contributed by atoms with van der Waals surface area (Å²) < 4.78 is 5.90. The number of hydrogen-bond acceptors (Lipinski definition) is 4. The maximum absolute atomic E-state index is 9.54. The number of fused-ring (bicyclic) bond motifs is 1. The predicted octanol–water partition coefficient (Wildman–Crippen LogP) is 2.82. The molecule has 0 spiro atoms. The number of hydrogen-bond donors (Lipinski definition) is 3. The van der Waals surface area contributed by atoms with E-state index in [1.165, 1.54) is 36.8 Å². The van der Waals surface area contributed by atoms with Crippen LogP contribution in [-0.2, 0) is 12.8 Å². The molecule has 0 radical (unpaired) electrons. The molecule has 4 heteroatoms. The van der Waals surface area contributed by atoms with Crippen molar-refractivity contribution in [2.45, 2.75) is 63.8 Å². The predicted molar refractivity (Wildman–Crippen MR) is 97.3 cm³/mol. The van der Waals surface area contributed by atoms with E-state index in [1.54, 1.807) is 0 Å². The molecular weight excluding hydrogens is 302 g/mol. The number of unbranched alkanes of at least 4 members (excludes halogenated alkanes) is 4. The Labute approximate surface area is 146 Å². The van der Waals surface area contributed by atoms with Crippen LogP contribution in [-0.4, -0.2) is 35.6 Å². The van der Waals surface area contributed by atoms with Crippen molar-refractivity contribution < 1.29 is 14.9 Å². The lowest BCUT2D eigenvalue weighted by atomic mass is 9.73. The lowest BCUT2D eigenvalue weighted by molar-refractivity contribution is 0.0690. The van der Waals surface area contributed by atoms with E-state index in [4.69, 9.17) is 10.5 Å². The fraction of sp³-hybridized carbons (Fsp3) is 0.700. The van der Waals surface area contributed by atoms with Gasteiger partial charge in [-0.3, -0.25) is 0 Å². The number of benzene rings is 1. The van der Waals surface area contributed by atoms with Crippen molar-refractivity contribution in [1.82, 2.24) is 0 Å². The smallest absolute Gasteiger partial charge is 0.119 e. The van der Waals surface area contributed by atoms with Crippen molar-refractivity contribution in [3.63, 3.8) is 0 Å². The standard InChI is InChI=1S/C20H33NO3/c1-2-3-4-5-6-11-24-19-10-8-16-7-9-18(12-17(16)13-19)20(21,14-22)15-23/h8,10,13,18,22-23H,2-7,9,11-12,14-15,21H2,1H3/t18-/m0/s1. The zero-order valence-corrected chi connectivity index (χ0v) is 15.0. The van der Waals surface area contributed by atoms with Crippen LogP contribution in [0.4, 0.5) is 0 Å². The van der Waals surface area contributed by atoms with Crippen molar-refractivity contribution >= 4 is 0 Å². The Kier molecular flexibility index (Phi) is 7.53. The Morgan fingerprint density at radius 1 is 1.12 bits per heavy atom. The molecule has 0 aliphatic heterocycles. The van der Waals surface area contributed by atoms with E-state index in [1.807, 2.05) is 0 Å². The molecule has 0 amide bonds. The fourth-order valence-corrected chi connectivity index (χ4v) is 3.52. The molecule has 4 N–H and O–H groups in total. The van der Waals surface area contributed by atoms with Gasteiger partial charge in [0.25, 0.3) is 0 Å². The summed E-state index contributed by atoms with van der Waals surface area (Å²) in [6.07, 6.45) is 8.81. The van der Waals surface area contributed by atoms with Crippen molar-refractivity contribution in [2.75, 3.05) is 19.8 Å². The zero-order chi connectivity index (χ0) is 17.4. The van der Waals surface area contributed by atoms with Gasteiger partial charge in [0.1, 0.15) is 5.75 Å². The Morgan fingerprint density at radius 3 is 2.58 bits per heavy atom. The number of aryl methyl sites for hydroxylation is 1. The first-order valence-corrected chi connectivity index (χ1v) is 9.38. The molecule has 136 valence electrons. The van der Waals surface area contributed by atoms with Crippen LogP contribution in [0.5, 0.6) is 5.75 Å².